The van der Waals surface area contributed by atoms with Gasteiger partial charge in [-0.1, -0.05) is 31.9 Å². The highest BCUT2D eigenvalue weighted by Gasteiger charge is 2.03. The van der Waals surface area contributed by atoms with E-state index in [2.05, 4.69) is 43.2 Å². The van der Waals surface area contributed by atoms with Crippen molar-refractivity contribution in [2.75, 3.05) is 6.61 Å². The predicted octanol–water partition coefficient (Wildman–Crippen LogP) is 2.68. The maximum atomic E-state index is 8.85. The molecule has 0 aromatic heterocycles. The van der Waals surface area contributed by atoms with E-state index in [1.165, 1.54) is 5.56 Å². The first-order chi connectivity index (χ1) is 6.63. The van der Waals surface area contributed by atoms with Crippen LogP contribution in [0.5, 0.6) is 0 Å². The van der Waals surface area contributed by atoms with E-state index in [-0.39, 0.29) is 12.6 Å². The molecule has 0 radical (unpaired) electrons. The monoisotopic (exact) mass is 321 g/mol. The first-order valence-corrected chi connectivity index (χ1v) is 6.00. The van der Waals surface area contributed by atoms with Gasteiger partial charge in [0.1, 0.15) is 0 Å². The van der Waals surface area contributed by atoms with Crippen LogP contribution in [0.4, 0.5) is 0 Å². The SMILES string of the molecule is CC(CO)NCc1cc(Br)ccc1Br. The molecule has 0 bridgehead atoms. The Labute approximate surface area is 101 Å². The van der Waals surface area contributed by atoms with Crippen molar-refractivity contribution in [1.82, 2.24) is 5.32 Å². The highest BCUT2D eigenvalue weighted by atomic mass is 79.9. The van der Waals surface area contributed by atoms with Gasteiger partial charge in [0.25, 0.3) is 0 Å². The van der Waals surface area contributed by atoms with Gasteiger partial charge in [0, 0.05) is 21.5 Å². The summed E-state index contributed by atoms with van der Waals surface area (Å²) in [5.41, 5.74) is 1.18. The fourth-order valence-electron chi connectivity index (χ4n) is 1.03. The smallest absolute Gasteiger partial charge is 0.0582 e. The highest BCUT2D eigenvalue weighted by molar-refractivity contribution is 9.11. The van der Waals surface area contributed by atoms with E-state index < -0.39 is 0 Å². The molecule has 0 heterocycles. The zero-order valence-electron chi connectivity index (χ0n) is 7.93. The van der Waals surface area contributed by atoms with Crippen molar-refractivity contribution >= 4 is 31.9 Å². The van der Waals surface area contributed by atoms with Gasteiger partial charge in [-0.25, -0.2) is 0 Å². The van der Waals surface area contributed by atoms with Crippen LogP contribution in [0, 0.1) is 0 Å². The van der Waals surface area contributed by atoms with Gasteiger partial charge < -0.3 is 10.4 Å². The van der Waals surface area contributed by atoms with Gasteiger partial charge in [-0.2, -0.15) is 0 Å². The third kappa shape index (κ3) is 3.69. The molecule has 0 spiro atoms. The third-order valence-corrected chi connectivity index (χ3v) is 3.19. The Morgan fingerprint density at radius 3 is 2.79 bits per heavy atom. The fourth-order valence-corrected chi connectivity index (χ4v) is 1.82. The highest BCUT2D eigenvalue weighted by Crippen LogP contribution is 2.21. The minimum atomic E-state index is 0.126. The molecule has 0 aliphatic carbocycles. The normalized spacial score (nSPS) is 12.9. The molecule has 1 atom stereocenters. The molecular weight excluding hydrogens is 310 g/mol. The molecule has 1 aromatic carbocycles. The van der Waals surface area contributed by atoms with Gasteiger partial charge in [0.15, 0.2) is 0 Å². The molecule has 0 amide bonds. The maximum absolute atomic E-state index is 8.85. The lowest BCUT2D eigenvalue weighted by Crippen LogP contribution is -2.28. The van der Waals surface area contributed by atoms with Gasteiger partial charge >= 0.3 is 0 Å². The van der Waals surface area contributed by atoms with Gasteiger partial charge in [0.05, 0.1) is 6.61 Å². The molecule has 78 valence electrons. The zero-order chi connectivity index (χ0) is 10.6. The minimum Gasteiger partial charge on any atom is -0.395 e. The van der Waals surface area contributed by atoms with Crippen molar-refractivity contribution in [3.8, 4) is 0 Å². The Bertz CT molecular complexity index is 304. The molecular formula is C10H13Br2NO. The number of hydrogen-bond acceptors (Lipinski definition) is 2. The summed E-state index contributed by atoms with van der Waals surface area (Å²) in [7, 11) is 0. The van der Waals surface area contributed by atoms with Crippen molar-refractivity contribution in [2.45, 2.75) is 19.5 Å². The van der Waals surface area contributed by atoms with Crippen LogP contribution in [-0.2, 0) is 6.54 Å². The average Bonchev–Trinajstić information content (AvgIpc) is 2.19. The van der Waals surface area contributed by atoms with Crippen LogP contribution in [0.15, 0.2) is 27.1 Å². The Balaban J connectivity index is 2.62. The number of hydrogen-bond donors (Lipinski definition) is 2. The Morgan fingerprint density at radius 1 is 1.43 bits per heavy atom. The van der Waals surface area contributed by atoms with Crippen molar-refractivity contribution in [1.29, 1.82) is 0 Å². The number of benzene rings is 1. The van der Waals surface area contributed by atoms with Gasteiger partial charge in [0.2, 0.25) is 0 Å². The van der Waals surface area contributed by atoms with Crippen LogP contribution in [0.2, 0.25) is 0 Å². The van der Waals surface area contributed by atoms with Crippen LogP contribution in [0.1, 0.15) is 12.5 Å². The van der Waals surface area contributed by atoms with E-state index in [4.69, 9.17) is 5.11 Å². The lowest BCUT2D eigenvalue weighted by Gasteiger charge is -2.11. The first-order valence-electron chi connectivity index (χ1n) is 4.41. The molecule has 2 N–H and O–H groups in total. The second-order valence-corrected chi connectivity index (χ2v) is 4.97. The largest absolute Gasteiger partial charge is 0.395 e. The summed E-state index contributed by atoms with van der Waals surface area (Å²) in [5, 5.41) is 12.1. The molecule has 2 nitrogen and oxygen atoms in total. The number of aliphatic hydroxyl groups is 1. The van der Waals surface area contributed by atoms with E-state index in [0.29, 0.717) is 0 Å². The lowest BCUT2D eigenvalue weighted by molar-refractivity contribution is 0.251. The second-order valence-electron chi connectivity index (χ2n) is 3.20. The molecule has 1 aromatic rings. The van der Waals surface area contributed by atoms with Crippen LogP contribution in [0.25, 0.3) is 0 Å². The van der Waals surface area contributed by atoms with Crippen LogP contribution < -0.4 is 5.32 Å². The molecule has 1 unspecified atom stereocenters. The number of halogens is 2. The van der Waals surface area contributed by atoms with Crippen molar-refractivity contribution in [2.24, 2.45) is 0 Å². The quantitative estimate of drug-likeness (QED) is 0.893. The number of rotatable bonds is 4. The summed E-state index contributed by atoms with van der Waals surface area (Å²) < 4.78 is 2.15. The van der Waals surface area contributed by atoms with E-state index >= 15 is 0 Å². The second kappa shape index (κ2) is 5.85. The Kier molecular flexibility index (Phi) is 5.09. The van der Waals surface area contributed by atoms with E-state index in [0.717, 1.165) is 15.5 Å². The first kappa shape index (κ1) is 12.2. The van der Waals surface area contributed by atoms with Gasteiger partial charge in [-0.3, -0.25) is 0 Å². The maximum Gasteiger partial charge on any atom is 0.0582 e. The Morgan fingerprint density at radius 2 is 2.14 bits per heavy atom. The van der Waals surface area contributed by atoms with Crippen LogP contribution in [0.3, 0.4) is 0 Å². The molecule has 0 aliphatic rings. The number of nitrogens with one attached hydrogen (secondary N) is 1. The van der Waals surface area contributed by atoms with Gasteiger partial charge in [-0.15, -0.1) is 0 Å². The van der Waals surface area contributed by atoms with Crippen LogP contribution >= 0.6 is 31.9 Å². The Hall–Kier alpha value is 0.1000. The van der Waals surface area contributed by atoms with Crippen molar-refractivity contribution in [3.05, 3.63) is 32.7 Å². The summed E-state index contributed by atoms with van der Waals surface area (Å²) >= 11 is 6.90. The minimum absolute atomic E-state index is 0.126. The van der Waals surface area contributed by atoms with Crippen molar-refractivity contribution in [3.63, 3.8) is 0 Å². The van der Waals surface area contributed by atoms with Crippen molar-refractivity contribution < 1.29 is 5.11 Å². The van der Waals surface area contributed by atoms with E-state index in [9.17, 15) is 0 Å². The third-order valence-electron chi connectivity index (χ3n) is 1.92. The summed E-state index contributed by atoms with van der Waals surface area (Å²) in [6, 6.07) is 6.18. The standard InChI is InChI=1S/C10H13Br2NO/c1-7(6-14)13-5-8-4-9(11)2-3-10(8)12/h2-4,7,13-14H,5-6H2,1H3. The molecule has 0 saturated carbocycles. The van der Waals surface area contributed by atoms with Crippen LogP contribution in [-0.4, -0.2) is 17.8 Å². The fraction of sp³-hybridized carbons (Fsp3) is 0.400. The summed E-state index contributed by atoms with van der Waals surface area (Å²) in [6.45, 7) is 2.86. The van der Waals surface area contributed by atoms with Gasteiger partial charge in [-0.05, 0) is 30.7 Å². The summed E-state index contributed by atoms with van der Waals surface area (Å²) in [4.78, 5) is 0. The molecule has 14 heavy (non-hydrogen) atoms. The topological polar surface area (TPSA) is 32.3 Å². The molecule has 0 aliphatic heterocycles. The van der Waals surface area contributed by atoms with E-state index in [1.54, 1.807) is 0 Å². The average molecular weight is 323 g/mol. The summed E-state index contributed by atoms with van der Waals surface area (Å²) in [6.07, 6.45) is 0. The molecule has 0 fully saturated rings. The van der Waals surface area contributed by atoms with E-state index in [1.807, 2.05) is 19.1 Å². The summed E-state index contributed by atoms with van der Waals surface area (Å²) in [5.74, 6) is 0. The molecule has 4 heteroatoms. The lowest BCUT2D eigenvalue weighted by atomic mass is 10.2. The molecule has 0 saturated heterocycles. The molecule has 1 rings (SSSR count). The zero-order valence-corrected chi connectivity index (χ0v) is 11.1. The predicted molar refractivity (Wildman–Crippen MR) is 65.2 cm³/mol. The number of aliphatic hydroxyl groups excluding tert-OH is 1.